The number of nitrogens with one attached hydrogen (secondary N) is 1. The fraction of sp³-hybridized carbons (Fsp3) is 0.786. The van der Waals surface area contributed by atoms with E-state index in [9.17, 15) is 0 Å². The van der Waals surface area contributed by atoms with Gasteiger partial charge in [0.25, 0.3) is 0 Å². The van der Waals surface area contributed by atoms with Gasteiger partial charge < -0.3 is 5.32 Å². The maximum absolute atomic E-state index is 6.36. The summed E-state index contributed by atoms with van der Waals surface area (Å²) in [5.74, 6) is 0. The van der Waals surface area contributed by atoms with Gasteiger partial charge in [-0.2, -0.15) is 5.10 Å². The topological polar surface area (TPSA) is 33.1 Å². The van der Waals surface area contributed by atoms with Crippen LogP contribution in [0.1, 0.15) is 37.4 Å². The van der Waals surface area contributed by atoms with Crippen molar-refractivity contribution in [3.8, 4) is 0 Å². The molecule has 0 spiro atoms. The Bertz CT molecular complexity index is 410. The molecule has 0 saturated carbocycles. The molecule has 1 saturated heterocycles. The lowest BCUT2D eigenvalue weighted by Gasteiger charge is -2.34. The molecule has 108 valence electrons. The van der Waals surface area contributed by atoms with Gasteiger partial charge in [-0.05, 0) is 45.8 Å². The third-order valence-electron chi connectivity index (χ3n) is 3.97. The number of hydrogen-bond donors (Lipinski definition) is 1. The van der Waals surface area contributed by atoms with Gasteiger partial charge in [0.2, 0.25) is 0 Å². The van der Waals surface area contributed by atoms with Crippen LogP contribution in [0.15, 0.2) is 0 Å². The van der Waals surface area contributed by atoms with E-state index < -0.39 is 0 Å². The highest BCUT2D eigenvalue weighted by molar-refractivity contribution is 6.30. The molecule has 0 aromatic carbocycles. The molecule has 0 atom stereocenters. The number of aryl methyl sites for hydroxylation is 2. The van der Waals surface area contributed by atoms with Gasteiger partial charge in [0.1, 0.15) is 5.15 Å². The van der Waals surface area contributed by atoms with Crippen LogP contribution < -0.4 is 5.32 Å². The average molecular weight is 285 g/mol. The monoisotopic (exact) mass is 284 g/mol. The molecule has 0 unspecified atom stereocenters. The molecule has 2 heterocycles. The Labute approximate surface area is 121 Å². The van der Waals surface area contributed by atoms with E-state index in [4.69, 9.17) is 11.6 Å². The van der Waals surface area contributed by atoms with Crippen LogP contribution >= 0.6 is 11.6 Å². The van der Waals surface area contributed by atoms with Crippen LogP contribution in [0.25, 0.3) is 0 Å². The molecular formula is C14H25ClN4. The predicted octanol–water partition coefficient (Wildman–Crippen LogP) is 2.35. The van der Waals surface area contributed by atoms with Crippen LogP contribution in [-0.2, 0) is 13.6 Å². The summed E-state index contributed by atoms with van der Waals surface area (Å²) in [6.45, 7) is 8.61. The van der Waals surface area contributed by atoms with E-state index in [0.29, 0.717) is 6.04 Å². The van der Waals surface area contributed by atoms with Gasteiger partial charge in [-0.15, -0.1) is 0 Å². The smallest absolute Gasteiger partial charge is 0.131 e. The fourth-order valence-corrected chi connectivity index (χ4v) is 3.14. The van der Waals surface area contributed by atoms with E-state index in [1.54, 1.807) is 4.68 Å². The zero-order valence-corrected chi connectivity index (χ0v) is 13.0. The molecular weight excluding hydrogens is 260 g/mol. The third kappa shape index (κ3) is 3.50. The van der Waals surface area contributed by atoms with E-state index in [1.165, 1.54) is 24.8 Å². The Hall–Kier alpha value is -0.580. The fourth-order valence-electron chi connectivity index (χ4n) is 2.91. The van der Waals surface area contributed by atoms with Gasteiger partial charge in [0, 0.05) is 25.2 Å². The van der Waals surface area contributed by atoms with E-state index in [0.717, 1.165) is 37.0 Å². The lowest BCUT2D eigenvalue weighted by atomic mass is 10.0. The van der Waals surface area contributed by atoms with E-state index >= 15 is 0 Å². The number of piperidine rings is 1. The normalized spacial score (nSPS) is 17.3. The van der Waals surface area contributed by atoms with Crippen LogP contribution in [0.5, 0.6) is 0 Å². The molecule has 1 aliphatic heterocycles. The summed E-state index contributed by atoms with van der Waals surface area (Å²) in [5.41, 5.74) is 2.25. The molecule has 0 amide bonds. The second kappa shape index (κ2) is 6.73. The molecule has 1 aromatic heterocycles. The van der Waals surface area contributed by atoms with Crippen LogP contribution in [0, 0.1) is 6.92 Å². The summed E-state index contributed by atoms with van der Waals surface area (Å²) >= 11 is 6.36. The quantitative estimate of drug-likeness (QED) is 0.901. The van der Waals surface area contributed by atoms with Crippen LogP contribution in [0.2, 0.25) is 5.15 Å². The minimum Gasteiger partial charge on any atom is -0.317 e. The molecule has 19 heavy (non-hydrogen) atoms. The zero-order valence-electron chi connectivity index (χ0n) is 12.2. The first-order valence-corrected chi connectivity index (χ1v) is 7.64. The first-order valence-electron chi connectivity index (χ1n) is 7.26. The van der Waals surface area contributed by atoms with Crippen LogP contribution in [0.3, 0.4) is 0 Å². The van der Waals surface area contributed by atoms with Crippen LogP contribution in [0.4, 0.5) is 0 Å². The van der Waals surface area contributed by atoms with Gasteiger partial charge in [-0.3, -0.25) is 9.58 Å². The SMILES string of the molecule is CCCN(Cc1c(C)nn(C)c1Cl)C1CCNCC1. The summed E-state index contributed by atoms with van der Waals surface area (Å²) in [5, 5.41) is 8.63. The minimum absolute atomic E-state index is 0.678. The average Bonchev–Trinajstić information content (AvgIpc) is 2.65. The van der Waals surface area contributed by atoms with Crippen molar-refractivity contribution in [1.29, 1.82) is 0 Å². The Morgan fingerprint density at radius 1 is 1.42 bits per heavy atom. The summed E-state index contributed by atoms with van der Waals surface area (Å²) in [4.78, 5) is 2.58. The standard InChI is InChI=1S/C14H25ClN4/c1-4-9-19(12-5-7-16-8-6-12)10-13-11(2)17-18(3)14(13)15/h12,16H,4-10H2,1-3H3. The Balaban J connectivity index is 2.11. The maximum atomic E-state index is 6.36. The van der Waals surface area contributed by atoms with Crippen molar-refractivity contribution in [2.24, 2.45) is 7.05 Å². The Morgan fingerprint density at radius 2 is 2.11 bits per heavy atom. The molecule has 0 aliphatic carbocycles. The lowest BCUT2D eigenvalue weighted by Crippen LogP contribution is -2.43. The van der Waals surface area contributed by atoms with E-state index in [1.807, 2.05) is 14.0 Å². The highest BCUT2D eigenvalue weighted by atomic mass is 35.5. The molecule has 1 N–H and O–H groups in total. The summed E-state index contributed by atoms with van der Waals surface area (Å²) in [7, 11) is 1.91. The van der Waals surface area contributed by atoms with Crippen molar-refractivity contribution in [2.45, 2.75) is 45.7 Å². The van der Waals surface area contributed by atoms with E-state index in [-0.39, 0.29) is 0 Å². The lowest BCUT2D eigenvalue weighted by molar-refractivity contribution is 0.154. The first kappa shape index (κ1) is 14.8. The van der Waals surface area contributed by atoms with Crippen molar-refractivity contribution in [3.63, 3.8) is 0 Å². The predicted molar refractivity (Wildman–Crippen MR) is 79.5 cm³/mol. The number of halogens is 1. The summed E-state index contributed by atoms with van der Waals surface area (Å²) in [6.07, 6.45) is 3.65. The zero-order chi connectivity index (χ0) is 13.8. The highest BCUT2D eigenvalue weighted by Gasteiger charge is 2.23. The number of nitrogens with zero attached hydrogens (tertiary/aromatic N) is 3. The largest absolute Gasteiger partial charge is 0.317 e. The summed E-state index contributed by atoms with van der Waals surface area (Å²) < 4.78 is 1.78. The van der Waals surface area contributed by atoms with Crippen molar-refractivity contribution >= 4 is 11.6 Å². The Morgan fingerprint density at radius 3 is 2.63 bits per heavy atom. The number of aromatic nitrogens is 2. The van der Waals surface area contributed by atoms with Gasteiger partial charge in [0.05, 0.1) is 5.69 Å². The molecule has 5 heteroatoms. The van der Waals surface area contributed by atoms with Gasteiger partial charge in [-0.25, -0.2) is 0 Å². The Kier molecular flexibility index (Phi) is 5.25. The highest BCUT2D eigenvalue weighted by Crippen LogP contribution is 2.23. The van der Waals surface area contributed by atoms with E-state index in [2.05, 4.69) is 22.2 Å². The maximum Gasteiger partial charge on any atom is 0.131 e. The molecule has 1 aromatic rings. The van der Waals surface area contributed by atoms with Crippen molar-refractivity contribution in [1.82, 2.24) is 20.0 Å². The molecule has 1 aliphatic rings. The van der Waals surface area contributed by atoms with Crippen molar-refractivity contribution in [2.75, 3.05) is 19.6 Å². The van der Waals surface area contributed by atoms with Crippen LogP contribution in [-0.4, -0.2) is 40.4 Å². The van der Waals surface area contributed by atoms with Crippen molar-refractivity contribution < 1.29 is 0 Å². The van der Waals surface area contributed by atoms with Crippen molar-refractivity contribution in [3.05, 3.63) is 16.4 Å². The number of hydrogen-bond acceptors (Lipinski definition) is 3. The van der Waals surface area contributed by atoms with Gasteiger partial charge >= 0.3 is 0 Å². The molecule has 0 bridgehead atoms. The summed E-state index contributed by atoms with van der Waals surface area (Å²) in [6, 6.07) is 0.678. The second-order valence-corrected chi connectivity index (χ2v) is 5.79. The third-order valence-corrected chi connectivity index (χ3v) is 4.44. The molecule has 2 rings (SSSR count). The minimum atomic E-state index is 0.678. The molecule has 0 radical (unpaired) electrons. The second-order valence-electron chi connectivity index (χ2n) is 5.43. The van der Waals surface area contributed by atoms with Gasteiger partial charge in [0.15, 0.2) is 0 Å². The first-order chi connectivity index (χ1) is 9.13. The molecule has 4 nitrogen and oxygen atoms in total. The molecule has 1 fully saturated rings. The number of rotatable bonds is 5. The van der Waals surface area contributed by atoms with Gasteiger partial charge in [-0.1, -0.05) is 18.5 Å².